The van der Waals surface area contributed by atoms with Gasteiger partial charge in [-0.15, -0.1) is 12.4 Å². The number of hydrogen-bond donors (Lipinski definition) is 0. The molecule has 162 valence electrons. The van der Waals surface area contributed by atoms with Crippen molar-refractivity contribution in [3.8, 4) is 5.75 Å². The largest absolute Gasteiger partial charge is 0.496 e. The van der Waals surface area contributed by atoms with E-state index in [4.69, 9.17) is 4.74 Å². The average molecular weight is 444 g/mol. The van der Waals surface area contributed by atoms with Gasteiger partial charge in [0.25, 0.3) is 11.8 Å². The fraction of sp³-hybridized carbons (Fsp3) is 0.350. The summed E-state index contributed by atoms with van der Waals surface area (Å²) in [6.07, 6.45) is -2.25. The van der Waals surface area contributed by atoms with E-state index in [-0.39, 0.29) is 37.9 Å². The number of pyridine rings is 1. The van der Waals surface area contributed by atoms with Crippen LogP contribution in [0.4, 0.5) is 13.2 Å². The first kappa shape index (κ1) is 23.5. The fourth-order valence-electron chi connectivity index (χ4n) is 3.30. The standard InChI is InChI=1S/C20H20F3N3O3.ClH/c1-29-17-6-3-2-5-14(17)18(27)25-9-4-10-26(12-11-25)19(28)15-13-24-8-7-16(15)20(21,22)23;/h2-3,5-8,13H,4,9-12H2,1H3;1H. The van der Waals surface area contributed by atoms with Gasteiger partial charge < -0.3 is 14.5 Å². The third kappa shape index (κ3) is 5.02. The van der Waals surface area contributed by atoms with E-state index in [0.29, 0.717) is 24.3 Å². The fourth-order valence-corrected chi connectivity index (χ4v) is 3.30. The summed E-state index contributed by atoms with van der Waals surface area (Å²) in [5, 5.41) is 0. The predicted octanol–water partition coefficient (Wildman–Crippen LogP) is 3.52. The number of benzene rings is 1. The van der Waals surface area contributed by atoms with Crippen LogP contribution in [-0.4, -0.2) is 59.9 Å². The van der Waals surface area contributed by atoms with Crippen molar-refractivity contribution in [3.63, 3.8) is 0 Å². The molecule has 30 heavy (non-hydrogen) atoms. The number of nitrogens with zero attached hydrogens (tertiary/aromatic N) is 3. The van der Waals surface area contributed by atoms with E-state index in [1.807, 2.05) is 0 Å². The van der Waals surface area contributed by atoms with Gasteiger partial charge in [-0.25, -0.2) is 0 Å². The quantitative estimate of drug-likeness (QED) is 0.728. The lowest BCUT2D eigenvalue weighted by atomic mass is 10.1. The van der Waals surface area contributed by atoms with Crippen molar-refractivity contribution in [1.29, 1.82) is 0 Å². The van der Waals surface area contributed by atoms with Gasteiger partial charge >= 0.3 is 6.18 Å². The highest BCUT2D eigenvalue weighted by Gasteiger charge is 2.36. The van der Waals surface area contributed by atoms with Crippen LogP contribution in [0, 0.1) is 0 Å². The number of amides is 2. The van der Waals surface area contributed by atoms with E-state index in [1.165, 1.54) is 12.0 Å². The van der Waals surface area contributed by atoms with E-state index < -0.39 is 23.2 Å². The highest BCUT2D eigenvalue weighted by Crippen LogP contribution is 2.32. The summed E-state index contributed by atoms with van der Waals surface area (Å²) in [5.74, 6) is -0.536. The Labute approximate surface area is 178 Å². The summed E-state index contributed by atoms with van der Waals surface area (Å²) in [7, 11) is 1.47. The molecule has 0 unspecified atom stereocenters. The molecule has 0 atom stereocenters. The zero-order chi connectivity index (χ0) is 21.0. The van der Waals surface area contributed by atoms with Crippen LogP contribution >= 0.6 is 12.4 Å². The summed E-state index contributed by atoms with van der Waals surface area (Å²) >= 11 is 0. The maximum absolute atomic E-state index is 13.2. The lowest BCUT2D eigenvalue weighted by Gasteiger charge is -2.23. The number of rotatable bonds is 3. The van der Waals surface area contributed by atoms with E-state index in [0.717, 1.165) is 18.5 Å². The highest BCUT2D eigenvalue weighted by atomic mass is 35.5. The highest BCUT2D eigenvalue weighted by molar-refractivity contribution is 5.97. The lowest BCUT2D eigenvalue weighted by molar-refractivity contribution is -0.138. The molecule has 0 spiro atoms. The van der Waals surface area contributed by atoms with Crippen LogP contribution in [0.15, 0.2) is 42.7 Å². The van der Waals surface area contributed by atoms with Crippen LogP contribution in [-0.2, 0) is 6.18 Å². The number of halogens is 4. The van der Waals surface area contributed by atoms with Gasteiger partial charge in [0.15, 0.2) is 0 Å². The van der Waals surface area contributed by atoms with Gasteiger partial charge in [0.05, 0.1) is 23.8 Å². The molecule has 0 radical (unpaired) electrons. The molecule has 0 saturated carbocycles. The Hall–Kier alpha value is -2.81. The average Bonchev–Trinajstić information content (AvgIpc) is 2.98. The SMILES string of the molecule is COc1ccccc1C(=O)N1CCCN(C(=O)c2cnccc2C(F)(F)F)CC1.Cl. The Morgan fingerprint density at radius 1 is 0.967 bits per heavy atom. The van der Waals surface area contributed by atoms with Crippen LogP contribution in [0.3, 0.4) is 0 Å². The number of ether oxygens (including phenoxy) is 1. The molecule has 1 saturated heterocycles. The van der Waals surface area contributed by atoms with Crippen molar-refractivity contribution in [2.24, 2.45) is 0 Å². The number of aromatic nitrogens is 1. The molecule has 1 fully saturated rings. The second kappa shape index (κ2) is 9.80. The van der Waals surface area contributed by atoms with E-state index in [2.05, 4.69) is 4.98 Å². The number of hydrogen-bond acceptors (Lipinski definition) is 4. The minimum Gasteiger partial charge on any atom is -0.496 e. The van der Waals surface area contributed by atoms with Gasteiger partial charge in [-0.2, -0.15) is 13.2 Å². The normalized spacial score (nSPS) is 14.5. The molecule has 2 aromatic rings. The Morgan fingerprint density at radius 2 is 1.57 bits per heavy atom. The summed E-state index contributed by atoms with van der Waals surface area (Å²) < 4.78 is 44.9. The Kier molecular flexibility index (Phi) is 7.66. The van der Waals surface area contributed by atoms with Gasteiger partial charge in [0, 0.05) is 38.6 Å². The molecule has 1 aromatic heterocycles. The molecular weight excluding hydrogens is 423 g/mol. The minimum atomic E-state index is -4.65. The first-order chi connectivity index (χ1) is 13.8. The molecule has 0 bridgehead atoms. The Bertz CT molecular complexity index is 908. The van der Waals surface area contributed by atoms with Gasteiger partial charge in [0.2, 0.25) is 0 Å². The monoisotopic (exact) mass is 443 g/mol. The number of carbonyl (C=O) groups excluding carboxylic acids is 2. The molecule has 1 aliphatic heterocycles. The van der Waals surface area contributed by atoms with Gasteiger partial charge in [-0.05, 0) is 24.6 Å². The van der Waals surface area contributed by atoms with Crippen LogP contribution in [0.1, 0.15) is 32.7 Å². The van der Waals surface area contributed by atoms with Crippen molar-refractivity contribution >= 4 is 24.2 Å². The zero-order valence-electron chi connectivity index (χ0n) is 16.2. The number of carbonyl (C=O) groups is 2. The molecule has 6 nitrogen and oxygen atoms in total. The topological polar surface area (TPSA) is 62.7 Å². The number of methoxy groups -OCH3 is 1. The van der Waals surface area contributed by atoms with E-state index in [9.17, 15) is 22.8 Å². The molecule has 10 heteroatoms. The van der Waals surface area contributed by atoms with Crippen molar-refractivity contribution in [3.05, 3.63) is 59.4 Å². The van der Waals surface area contributed by atoms with Crippen LogP contribution in [0.25, 0.3) is 0 Å². The van der Waals surface area contributed by atoms with Crippen molar-refractivity contribution in [1.82, 2.24) is 14.8 Å². The van der Waals surface area contributed by atoms with Crippen molar-refractivity contribution in [2.75, 3.05) is 33.3 Å². The molecule has 0 aliphatic carbocycles. The Balaban J connectivity index is 0.00000320. The molecule has 3 rings (SSSR count). The maximum Gasteiger partial charge on any atom is 0.417 e. The maximum atomic E-state index is 13.2. The Morgan fingerprint density at radius 3 is 2.17 bits per heavy atom. The molecule has 2 amide bonds. The summed E-state index contributed by atoms with van der Waals surface area (Å²) in [6, 6.07) is 7.61. The van der Waals surface area contributed by atoms with Gasteiger partial charge in [-0.1, -0.05) is 12.1 Å². The van der Waals surface area contributed by atoms with E-state index >= 15 is 0 Å². The summed E-state index contributed by atoms with van der Waals surface area (Å²) in [6.45, 7) is 0.983. The molecule has 1 aromatic carbocycles. The predicted molar refractivity (Wildman–Crippen MR) is 106 cm³/mol. The third-order valence-corrected chi connectivity index (χ3v) is 4.76. The molecule has 1 aliphatic rings. The zero-order valence-corrected chi connectivity index (χ0v) is 17.0. The summed E-state index contributed by atoms with van der Waals surface area (Å²) in [4.78, 5) is 32.2. The summed E-state index contributed by atoms with van der Waals surface area (Å²) in [5.41, 5.74) is -1.09. The van der Waals surface area contributed by atoms with Crippen LogP contribution in [0.5, 0.6) is 5.75 Å². The third-order valence-electron chi connectivity index (χ3n) is 4.76. The molecular formula is C20H21ClF3N3O3. The second-order valence-corrected chi connectivity index (χ2v) is 6.56. The lowest BCUT2D eigenvalue weighted by Crippen LogP contribution is -2.38. The van der Waals surface area contributed by atoms with Gasteiger partial charge in [-0.3, -0.25) is 14.6 Å². The van der Waals surface area contributed by atoms with E-state index in [1.54, 1.807) is 29.2 Å². The number of alkyl halides is 3. The first-order valence-electron chi connectivity index (χ1n) is 9.05. The smallest absolute Gasteiger partial charge is 0.417 e. The minimum absolute atomic E-state index is 0. The second-order valence-electron chi connectivity index (χ2n) is 6.56. The van der Waals surface area contributed by atoms with Crippen LogP contribution in [0.2, 0.25) is 0 Å². The van der Waals surface area contributed by atoms with Crippen molar-refractivity contribution in [2.45, 2.75) is 12.6 Å². The van der Waals surface area contributed by atoms with Crippen LogP contribution < -0.4 is 4.74 Å². The first-order valence-corrected chi connectivity index (χ1v) is 9.05. The van der Waals surface area contributed by atoms with Gasteiger partial charge in [0.1, 0.15) is 5.75 Å². The molecule has 0 N–H and O–H groups in total. The molecule has 2 heterocycles. The number of para-hydroxylation sites is 1. The van der Waals surface area contributed by atoms with Crippen molar-refractivity contribution < 1.29 is 27.5 Å².